The smallest absolute Gasteiger partial charge is 0.226 e. The van der Waals surface area contributed by atoms with Gasteiger partial charge in [-0.05, 0) is 78.9 Å². The molecule has 1 saturated heterocycles. The molecule has 0 radical (unpaired) electrons. The van der Waals surface area contributed by atoms with Crippen molar-refractivity contribution in [3.05, 3.63) is 113 Å². The van der Waals surface area contributed by atoms with Crippen LogP contribution in [0.5, 0.6) is 0 Å². The van der Waals surface area contributed by atoms with Crippen molar-refractivity contribution in [1.29, 1.82) is 0 Å². The number of nitrogens with one attached hydrogen (secondary N) is 2. The minimum Gasteiger partial charge on any atom is -0.352 e. The van der Waals surface area contributed by atoms with E-state index >= 15 is 0 Å². The largest absolute Gasteiger partial charge is 0.352 e. The van der Waals surface area contributed by atoms with E-state index in [1.54, 1.807) is 18.3 Å². The molecule has 2 aromatic carbocycles. The molecule has 1 fully saturated rings. The maximum absolute atomic E-state index is 13.8. The van der Waals surface area contributed by atoms with Crippen LogP contribution in [0.4, 0.5) is 14.5 Å². The number of rotatable bonds is 7. The Morgan fingerprint density at radius 1 is 1.08 bits per heavy atom. The normalized spacial score (nSPS) is 17.1. The first-order valence-corrected chi connectivity index (χ1v) is 12.4. The third-order valence-corrected chi connectivity index (χ3v) is 6.81. The molecule has 10 heteroatoms. The van der Waals surface area contributed by atoms with E-state index in [0.29, 0.717) is 23.0 Å². The molecule has 0 saturated carbocycles. The lowest BCUT2D eigenvalue weighted by Crippen LogP contribution is -2.33. The van der Waals surface area contributed by atoms with E-state index in [1.807, 2.05) is 46.0 Å². The molecule has 5 rings (SSSR count). The SMILES string of the molecule is O=C(CCN1C(=S)N[C@@H](c2ccccn2)[C@H]1c1cccn1-c1ccc(F)c(Cl)c1)Nc1ccc(F)cc1. The summed E-state index contributed by atoms with van der Waals surface area (Å²) in [6.07, 6.45) is 3.73. The van der Waals surface area contributed by atoms with E-state index in [2.05, 4.69) is 15.6 Å². The number of anilines is 1. The standard InChI is InChI=1S/C27H22ClF2N5OS/c28-20-16-19(10-11-21(20)30)34-14-3-5-23(34)26-25(22-4-1-2-13-31-22)33-27(37)35(26)15-12-24(36)32-18-8-6-17(29)7-9-18/h1-11,13-14,16,25-26H,12,15H2,(H,32,36)(H,33,37)/t25-,26+/m0/s1. The maximum atomic E-state index is 13.8. The summed E-state index contributed by atoms with van der Waals surface area (Å²) in [7, 11) is 0. The van der Waals surface area contributed by atoms with Gasteiger partial charge in [0, 0.05) is 42.4 Å². The molecule has 188 valence electrons. The summed E-state index contributed by atoms with van der Waals surface area (Å²) in [4.78, 5) is 19.2. The van der Waals surface area contributed by atoms with Gasteiger partial charge in [-0.2, -0.15) is 0 Å². The summed E-state index contributed by atoms with van der Waals surface area (Å²) in [5.41, 5.74) is 2.86. The zero-order chi connectivity index (χ0) is 25.9. The maximum Gasteiger partial charge on any atom is 0.226 e. The van der Waals surface area contributed by atoms with Crippen LogP contribution in [0.1, 0.15) is 29.9 Å². The van der Waals surface area contributed by atoms with Crippen LogP contribution in [0, 0.1) is 11.6 Å². The molecule has 1 amide bonds. The molecular weight excluding hydrogens is 516 g/mol. The first kappa shape index (κ1) is 24.9. The molecule has 37 heavy (non-hydrogen) atoms. The molecular formula is C27H22ClF2N5OS. The highest BCUT2D eigenvalue weighted by atomic mass is 35.5. The second-order valence-corrected chi connectivity index (χ2v) is 9.32. The van der Waals surface area contributed by atoms with Crippen LogP contribution in [0.15, 0.2) is 85.2 Å². The lowest BCUT2D eigenvalue weighted by Gasteiger charge is -2.29. The predicted molar refractivity (Wildman–Crippen MR) is 143 cm³/mol. The summed E-state index contributed by atoms with van der Waals surface area (Å²) in [5.74, 6) is -1.10. The monoisotopic (exact) mass is 537 g/mol. The molecule has 2 aromatic heterocycles. The van der Waals surface area contributed by atoms with Gasteiger partial charge in [-0.1, -0.05) is 17.7 Å². The van der Waals surface area contributed by atoms with E-state index in [1.165, 1.54) is 30.3 Å². The Labute approximate surface area is 222 Å². The van der Waals surface area contributed by atoms with Gasteiger partial charge in [0.25, 0.3) is 0 Å². The van der Waals surface area contributed by atoms with Crippen molar-refractivity contribution in [2.24, 2.45) is 0 Å². The van der Waals surface area contributed by atoms with Crippen molar-refractivity contribution in [3.8, 4) is 5.69 Å². The number of halogens is 3. The average Bonchev–Trinajstić information content (AvgIpc) is 3.50. The fourth-order valence-electron chi connectivity index (χ4n) is 4.45. The van der Waals surface area contributed by atoms with Gasteiger partial charge in [-0.3, -0.25) is 9.78 Å². The van der Waals surface area contributed by atoms with Gasteiger partial charge < -0.3 is 20.1 Å². The Kier molecular flexibility index (Phi) is 7.16. The van der Waals surface area contributed by atoms with Crippen LogP contribution in [-0.4, -0.2) is 32.0 Å². The van der Waals surface area contributed by atoms with Crippen molar-refractivity contribution < 1.29 is 13.6 Å². The molecule has 3 heterocycles. The quantitative estimate of drug-likeness (QED) is 0.292. The van der Waals surface area contributed by atoms with E-state index in [-0.39, 0.29) is 35.3 Å². The zero-order valence-electron chi connectivity index (χ0n) is 19.4. The zero-order valence-corrected chi connectivity index (χ0v) is 21.0. The van der Waals surface area contributed by atoms with Gasteiger partial charge in [0.05, 0.1) is 22.8 Å². The van der Waals surface area contributed by atoms with E-state index < -0.39 is 5.82 Å². The molecule has 1 aliphatic heterocycles. The van der Waals surface area contributed by atoms with Gasteiger partial charge >= 0.3 is 0 Å². The summed E-state index contributed by atoms with van der Waals surface area (Å²) in [6, 6.07) is 19.0. The second kappa shape index (κ2) is 10.7. The molecule has 6 nitrogen and oxygen atoms in total. The number of aromatic nitrogens is 2. The fourth-order valence-corrected chi connectivity index (χ4v) is 4.96. The summed E-state index contributed by atoms with van der Waals surface area (Å²) in [5, 5.41) is 6.65. The highest BCUT2D eigenvalue weighted by Gasteiger charge is 2.41. The average molecular weight is 538 g/mol. The van der Waals surface area contributed by atoms with Crippen LogP contribution >= 0.6 is 23.8 Å². The number of amides is 1. The van der Waals surface area contributed by atoms with Crippen LogP contribution in [0.2, 0.25) is 5.02 Å². The Morgan fingerprint density at radius 2 is 1.89 bits per heavy atom. The van der Waals surface area contributed by atoms with E-state index in [9.17, 15) is 13.6 Å². The molecule has 0 unspecified atom stereocenters. The third-order valence-electron chi connectivity index (χ3n) is 6.17. The summed E-state index contributed by atoms with van der Waals surface area (Å²) < 4.78 is 29.0. The van der Waals surface area contributed by atoms with Crippen LogP contribution in [-0.2, 0) is 4.79 Å². The summed E-state index contributed by atoms with van der Waals surface area (Å²) in [6.45, 7) is 0.322. The molecule has 1 aliphatic rings. The Balaban J connectivity index is 1.44. The number of hydrogen-bond acceptors (Lipinski definition) is 3. The lowest BCUT2D eigenvalue weighted by molar-refractivity contribution is -0.116. The number of hydrogen-bond donors (Lipinski definition) is 2. The second-order valence-electron chi connectivity index (χ2n) is 8.53. The predicted octanol–water partition coefficient (Wildman–Crippen LogP) is 5.81. The highest BCUT2D eigenvalue weighted by molar-refractivity contribution is 7.80. The lowest BCUT2D eigenvalue weighted by atomic mass is 10.0. The number of benzene rings is 2. The Hall–Kier alpha value is -3.82. The molecule has 2 N–H and O–H groups in total. The minimum absolute atomic E-state index is 0.0211. The van der Waals surface area contributed by atoms with Gasteiger partial charge in [-0.25, -0.2) is 8.78 Å². The Morgan fingerprint density at radius 3 is 2.62 bits per heavy atom. The molecule has 2 atom stereocenters. The summed E-state index contributed by atoms with van der Waals surface area (Å²) >= 11 is 11.8. The van der Waals surface area contributed by atoms with Crippen molar-refractivity contribution in [2.45, 2.75) is 18.5 Å². The molecule has 0 spiro atoms. The number of pyridine rings is 1. The van der Waals surface area contributed by atoms with Crippen LogP contribution < -0.4 is 10.6 Å². The van der Waals surface area contributed by atoms with Crippen LogP contribution in [0.3, 0.4) is 0 Å². The number of carbonyl (C=O) groups excluding carboxylic acids is 1. The highest BCUT2D eigenvalue weighted by Crippen LogP contribution is 2.39. The van der Waals surface area contributed by atoms with E-state index in [4.69, 9.17) is 23.8 Å². The third kappa shape index (κ3) is 5.33. The van der Waals surface area contributed by atoms with Crippen molar-refractivity contribution >= 4 is 40.5 Å². The van der Waals surface area contributed by atoms with Gasteiger partial charge in [0.2, 0.25) is 5.91 Å². The number of nitrogens with zero attached hydrogens (tertiary/aromatic N) is 3. The Bertz CT molecular complexity index is 1430. The topological polar surface area (TPSA) is 62.2 Å². The van der Waals surface area contributed by atoms with Gasteiger partial charge in [0.1, 0.15) is 11.6 Å². The first-order valence-electron chi connectivity index (χ1n) is 11.6. The van der Waals surface area contributed by atoms with Crippen molar-refractivity contribution in [1.82, 2.24) is 19.8 Å². The molecule has 4 aromatic rings. The van der Waals surface area contributed by atoms with Crippen LogP contribution in [0.25, 0.3) is 5.69 Å². The minimum atomic E-state index is -0.497. The number of carbonyl (C=O) groups is 1. The van der Waals surface area contributed by atoms with Crippen molar-refractivity contribution in [3.63, 3.8) is 0 Å². The van der Waals surface area contributed by atoms with Gasteiger partial charge in [-0.15, -0.1) is 0 Å². The van der Waals surface area contributed by atoms with Crippen molar-refractivity contribution in [2.75, 3.05) is 11.9 Å². The fraction of sp³-hybridized carbons (Fsp3) is 0.148. The number of thiocarbonyl (C=S) groups is 1. The van der Waals surface area contributed by atoms with E-state index in [0.717, 1.165) is 11.4 Å². The first-order chi connectivity index (χ1) is 17.9. The molecule has 0 bridgehead atoms. The van der Waals surface area contributed by atoms with Gasteiger partial charge in [0.15, 0.2) is 5.11 Å². The molecule has 0 aliphatic carbocycles.